The van der Waals surface area contributed by atoms with Crippen LogP contribution in [0.1, 0.15) is 39.1 Å². The number of anilines is 2. The monoisotopic (exact) mass is 637 g/mol. The van der Waals surface area contributed by atoms with E-state index in [-0.39, 0.29) is 18.6 Å². The fourth-order valence-electron chi connectivity index (χ4n) is 4.89. The molecule has 0 radical (unpaired) electrons. The van der Waals surface area contributed by atoms with Crippen molar-refractivity contribution in [1.29, 1.82) is 0 Å². The number of urea groups is 1. The summed E-state index contributed by atoms with van der Waals surface area (Å²) in [5.41, 5.74) is -0.557. The Morgan fingerprint density at radius 1 is 1.11 bits per heavy atom. The molecular formula is C32H43N7O7. The Morgan fingerprint density at radius 2 is 1.76 bits per heavy atom. The van der Waals surface area contributed by atoms with Gasteiger partial charge in [0.05, 0.1) is 25.0 Å². The van der Waals surface area contributed by atoms with Gasteiger partial charge < -0.3 is 34.5 Å². The van der Waals surface area contributed by atoms with Crippen molar-refractivity contribution in [1.82, 2.24) is 24.4 Å². The molecule has 0 bridgehead atoms. The number of rotatable bonds is 16. The molecule has 2 unspecified atom stereocenters. The van der Waals surface area contributed by atoms with Crippen LogP contribution in [0.25, 0.3) is 11.2 Å². The second-order valence-electron chi connectivity index (χ2n) is 11.2. The van der Waals surface area contributed by atoms with Gasteiger partial charge in [-0.2, -0.15) is 0 Å². The number of fused-ring (bicyclic) bond motifs is 1. The highest BCUT2D eigenvalue weighted by Crippen LogP contribution is 2.26. The van der Waals surface area contributed by atoms with E-state index < -0.39 is 42.6 Å². The van der Waals surface area contributed by atoms with Gasteiger partial charge in [0.25, 0.3) is 5.60 Å². The molecule has 14 nitrogen and oxygen atoms in total. The summed E-state index contributed by atoms with van der Waals surface area (Å²) in [6, 6.07) is 6.36. The van der Waals surface area contributed by atoms with Crippen molar-refractivity contribution in [3.63, 3.8) is 0 Å². The summed E-state index contributed by atoms with van der Waals surface area (Å²) in [6.07, 6.45) is 6.11. The Bertz CT molecular complexity index is 1550. The van der Waals surface area contributed by atoms with Gasteiger partial charge in [-0.15, -0.1) is 6.42 Å². The van der Waals surface area contributed by atoms with Gasteiger partial charge in [-0.25, -0.2) is 29.3 Å². The fourth-order valence-corrected chi connectivity index (χ4v) is 4.89. The second-order valence-corrected chi connectivity index (χ2v) is 11.2. The average molecular weight is 638 g/mol. The zero-order valence-corrected chi connectivity index (χ0v) is 27.4. The van der Waals surface area contributed by atoms with Crippen molar-refractivity contribution < 1.29 is 34.1 Å². The second kappa shape index (κ2) is 15.5. The lowest BCUT2D eigenvalue weighted by atomic mass is 9.93. The van der Waals surface area contributed by atoms with Crippen LogP contribution in [0, 0.1) is 25.2 Å². The molecule has 0 saturated carbocycles. The molecule has 0 aliphatic rings. The molecule has 2 amide bonds. The topological polar surface area (TPSA) is 172 Å². The number of imidazole rings is 1. The van der Waals surface area contributed by atoms with Gasteiger partial charge in [-0.1, -0.05) is 18.1 Å². The molecular weight excluding hydrogens is 594 g/mol. The van der Waals surface area contributed by atoms with Crippen LogP contribution in [0.3, 0.4) is 0 Å². The lowest BCUT2D eigenvalue weighted by Gasteiger charge is -2.30. The third kappa shape index (κ3) is 7.91. The van der Waals surface area contributed by atoms with Crippen LogP contribution in [0.2, 0.25) is 0 Å². The third-order valence-electron chi connectivity index (χ3n) is 7.59. The summed E-state index contributed by atoms with van der Waals surface area (Å²) in [5, 5.41) is 23.5. The van der Waals surface area contributed by atoms with Crippen LogP contribution in [0.15, 0.2) is 30.6 Å². The maximum Gasteiger partial charge on any atom is 0.348 e. The molecule has 0 fully saturated rings. The first-order chi connectivity index (χ1) is 21.8. The Hall–Kier alpha value is -4.74. The number of hydrogen-bond donors (Lipinski definition) is 3. The number of aromatic nitrogens is 4. The molecule has 3 rings (SSSR count). The number of ether oxygens (including phenoxy) is 2. The fraction of sp³-hybridized carbons (Fsp3) is 0.500. The van der Waals surface area contributed by atoms with E-state index in [0.29, 0.717) is 47.1 Å². The van der Waals surface area contributed by atoms with Gasteiger partial charge in [0.15, 0.2) is 11.5 Å². The predicted molar refractivity (Wildman–Crippen MR) is 173 cm³/mol. The highest BCUT2D eigenvalue weighted by molar-refractivity contribution is 6.02. The van der Waals surface area contributed by atoms with Gasteiger partial charge in [-0.05, 0) is 52.3 Å². The van der Waals surface area contributed by atoms with Crippen molar-refractivity contribution in [2.75, 3.05) is 44.1 Å². The number of aryl methyl sites for hydroxylation is 1. The van der Waals surface area contributed by atoms with Crippen LogP contribution in [0.5, 0.6) is 0 Å². The maximum absolute atomic E-state index is 12.7. The number of nitrogens with zero attached hydrogens (tertiary/aromatic N) is 6. The van der Waals surface area contributed by atoms with Crippen molar-refractivity contribution in [3.05, 3.63) is 42.0 Å². The van der Waals surface area contributed by atoms with Gasteiger partial charge in [0.2, 0.25) is 0 Å². The predicted octanol–water partition coefficient (Wildman–Crippen LogP) is 3.28. The maximum atomic E-state index is 12.7. The number of carbonyl (C=O) groups excluding carboxylic acids is 1. The molecule has 0 saturated heterocycles. The van der Waals surface area contributed by atoms with E-state index in [9.17, 15) is 24.6 Å². The third-order valence-corrected chi connectivity index (χ3v) is 7.59. The number of nitrogens with one attached hydrogen (secondary N) is 1. The molecule has 0 spiro atoms. The zero-order valence-electron chi connectivity index (χ0n) is 27.4. The van der Waals surface area contributed by atoms with Crippen LogP contribution in [0.4, 0.5) is 16.3 Å². The highest BCUT2D eigenvalue weighted by atomic mass is 16.6. The van der Waals surface area contributed by atoms with Crippen LogP contribution in [-0.2, 0) is 32.0 Å². The number of carboxylic acids is 2. The minimum Gasteiger partial charge on any atom is -0.479 e. The van der Waals surface area contributed by atoms with E-state index in [4.69, 9.17) is 15.9 Å². The normalized spacial score (nSPS) is 12.8. The molecule has 0 aliphatic carbocycles. The summed E-state index contributed by atoms with van der Waals surface area (Å²) in [6.45, 7) is 10.1. The van der Waals surface area contributed by atoms with Crippen molar-refractivity contribution in [3.8, 4) is 12.3 Å². The Balaban J connectivity index is 1.83. The lowest BCUT2D eigenvalue weighted by molar-refractivity contribution is -0.188. The van der Waals surface area contributed by atoms with E-state index in [1.807, 2.05) is 27.7 Å². The molecule has 14 heteroatoms. The zero-order chi connectivity index (χ0) is 34.2. The van der Waals surface area contributed by atoms with E-state index >= 15 is 0 Å². The first kappa shape index (κ1) is 35.7. The SMILES string of the molecule is C#CC(Cn1cnc2c(NC(C)C)nc(C)nc21)C(COC(Cc1ccc(N(CC)C(=O)N(C)CC)cc1)(C(=O)O)C(=O)O)OC. The van der Waals surface area contributed by atoms with Gasteiger partial charge in [0, 0.05) is 51.9 Å². The molecule has 2 atom stereocenters. The molecule has 0 aliphatic heterocycles. The first-order valence-corrected chi connectivity index (χ1v) is 15.0. The van der Waals surface area contributed by atoms with Crippen LogP contribution < -0.4 is 10.2 Å². The van der Waals surface area contributed by atoms with E-state index in [0.717, 1.165) is 0 Å². The quantitative estimate of drug-likeness (QED) is 0.155. The molecule has 248 valence electrons. The average Bonchev–Trinajstić information content (AvgIpc) is 3.42. The summed E-state index contributed by atoms with van der Waals surface area (Å²) >= 11 is 0. The van der Waals surface area contributed by atoms with E-state index in [1.54, 1.807) is 58.9 Å². The van der Waals surface area contributed by atoms with Crippen molar-refractivity contribution >= 4 is 40.6 Å². The lowest BCUT2D eigenvalue weighted by Crippen LogP contribution is -2.52. The molecule has 3 N–H and O–H groups in total. The van der Waals surface area contributed by atoms with Gasteiger partial charge in [-0.3, -0.25) is 4.90 Å². The number of carboxylic acid groups (broad SMARTS) is 2. The number of carbonyl (C=O) groups is 3. The minimum atomic E-state index is -2.64. The number of amides is 2. The smallest absolute Gasteiger partial charge is 0.348 e. The summed E-state index contributed by atoms with van der Waals surface area (Å²) in [4.78, 5) is 54.3. The Kier molecular flexibility index (Phi) is 12.0. The first-order valence-electron chi connectivity index (χ1n) is 15.0. The van der Waals surface area contributed by atoms with Gasteiger partial charge >= 0.3 is 18.0 Å². The number of methoxy groups -OCH3 is 1. The number of aliphatic carboxylic acids is 2. The molecule has 3 aromatic rings. The van der Waals surface area contributed by atoms with Crippen LogP contribution >= 0.6 is 0 Å². The van der Waals surface area contributed by atoms with Crippen molar-refractivity contribution in [2.24, 2.45) is 5.92 Å². The minimum absolute atomic E-state index is 0.112. The largest absolute Gasteiger partial charge is 0.479 e. The summed E-state index contributed by atoms with van der Waals surface area (Å²) in [5.74, 6) is -0.242. The molecule has 46 heavy (non-hydrogen) atoms. The summed E-state index contributed by atoms with van der Waals surface area (Å²) in [7, 11) is 3.08. The molecule has 2 heterocycles. The van der Waals surface area contributed by atoms with E-state index in [2.05, 4.69) is 26.2 Å². The molecule has 2 aromatic heterocycles. The highest BCUT2D eigenvalue weighted by Gasteiger charge is 2.49. The Labute approximate surface area is 268 Å². The standard InChI is InChI=1S/C32H43N7O7/c1-9-23(17-38-19-33-26-27(34-20(4)5)35-21(6)36-28(26)38)25(45-8)18-46-32(29(40)41,30(42)43)16-22-12-14-24(15-13-22)39(11-3)31(44)37(7)10-2/h1,12-15,19-20,23,25H,10-11,16-18H2,2-8H3,(H,40,41)(H,42,43)(H,34,35,36). The van der Waals surface area contributed by atoms with E-state index in [1.165, 1.54) is 7.11 Å². The Morgan fingerprint density at radius 3 is 2.28 bits per heavy atom. The van der Waals surface area contributed by atoms with Crippen LogP contribution in [-0.4, -0.2) is 104 Å². The number of benzene rings is 1. The molecule has 1 aromatic carbocycles. The van der Waals surface area contributed by atoms with Crippen molar-refractivity contribution in [2.45, 2.75) is 65.3 Å². The van der Waals surface area contributed by atoms with Gasteiger partial charge in [0.1, 0.15) is 11.3 Å². The summed E-state index contributed by atoms with van der Waals surface area (Å²) < 4.78 is 13.1. The number of hydrogen-bond acceptors (Lipinski definition) is 9. The number of terminal acetylenes is 1.